The number of benzene rings is 1. The number of aliphatic hydroxyl groups is 1. The standard InChI is InChI=1S/C18H22N2O/c1-18(2)13-20(17-10-14(12-21)8-9-19-17)11-16(18)15-6-4-3-5-7-15/h3-10,16,21H,11-13H2,1-2H3/t16-/m1/s1. The van der Waals surface area contributed by atoms with E-state index < -0.39 is 0 Å². The largest absolute Gasteiger partial charge is 0.392 e. The van der Waals surface area contributed by atoms with Crippen LogP contribution in [0.4, 0.5) is 5.82 Å². The first-order chi connectivity index (χ1) is 10.1. The number of rotatable bonds is 3. The fourth-order valence-corrected chi connectivity index (χ4v) is 3.28. The number of nitrogens with zero attached hydrogens (tertiary/aromatic N) is 2. The zero-order chi connectivity index (χ0) is 14.9. The van der Waals surface area contributed by atoms with Crippen molar-refractivity contribution in [3.05, 3.63) is 59.8 Å². The molecule has 0 saturated carbocycles. The predicted molar refractivity (Wildman–Crippen MR) is 85.3 cm³/mol. The molecule has 1 aromatic heterocycles. The Morgan fingerprint density at radius 2 is 2.00 bits per heavy atom. The van der Waals surface area contributed by atoms with Crippen LogP contribution in [-0.2, 0) is 6.61 Å². The average Bonchev–Trinajstić information content (AvgIpc) is 2.84. The molecule has 0 bridgehead atoms. The van der Waals surface area contributed by atoms with E-state index in [0.717, 1.165) is 24.5 Å². The molecule has 3 rings (SSSR count). The smallest absolute Gasteiger partial charge is 0.128 e. The average molecular weight is 282 g/mol. The molecule has 110 valence electrons. The van der Waals surface area contributed by atoms with Crippen LogP contribution in [0, 0.1) is 5.41 Å². The maximum absolute atomic E-state index is 9.29. The Morgan fingerprint density at radius 1 is 1.24 bits per heavy atom. The third-order valence-corrected chi connectivity index (χ3v) is 4.46. The molecule has 0 radical (unpaired) electrons. The van der Waals surface area contributed by atoms with E-state index in [4.69, 9.17) is 0 Å². The highest BCUT2D eigenvalue weighted by Gasteiger charge is 2.40. The van der Waals surface area contributed by atoms with Crippen LogP contribution in [0.2, 0.25) is 0 Å². The fraction of sp³-hybridized carbons (Fsp3) is 0.389. The van der Waals surface area contributed by atoms with Gasteiger partial charge in [-0.05, 0) is 28.7 Å². The molecule has 1 aliphatic heterocycles. The second-order valence-corrected chi connectivity index (χ2v) is 6.51. The van der Waals surface area contributed by atoms with Crippen LogP contribution in [0.5, 0.6) is 0 Å². The van der Waals surface area contributed by atoms with Gasteiger partial charge in [0, 0.05) is 25.2 Å². The van der Waals surface area contributed by atoms with Gasteiger partial charge in [0.1, 0.15) is 5.82 Å². The van der Waals surface area contributed by atoms with Gasteiger partial charge in [-0.15, -0.1) is 0 Å². The van der Waals surface area contributed by atoms with Crippen LogP contribution >= 0.6 is 0 Å². The van der Waals surface area contributed by atoms with Crippen LogP contribution in [0.3, 0.4) is 0 Å². The Hall–Kier alpha value is -1.87. The summed E-state index contributed by atoms with van der Waals surface area (Å²) in [4.78, 5) is 6.81. The van der Waals surface area contributed by atoms with Crippen molar-refractivity contribution in [2.75, 3.05) is 18.0 Å². The molecule has 1 atom stereocenters. The number of aliphatic hydroxyl groups excluding tert-OH is 1. The molecule has 0 spiro atoms. The molecule has 2 heterocycles. The summed E-state index contributed by atoms with van der Waals surface area (Å²) in [5.74, 6) is 1.46. The topological polar surface area (TPSA) is 36.4 Å². The maximum Gasteiger partial charge on any atom is 0.128 e. The van der Waals surface area contributed by atoms with Gasteiger partial charge in [0.15, 0.2) is 0 Å². The summed E-state index contributed by atoms with van der Waals surface area (Å²) >= 11 is 0. The summed E-state index contributed by atoms with van der Waals surface area (Å²) in [5.41, 5.74) is 2.52. The number of aromatic nitrogens is 1. The monoisotopic (exact) mass is 282 g/mol. The highest BCUT2D eigenvalue weighted by Crippen LogP contribution is 2.43. The first kappa shape index (κ1) is 14.1. The molecule has 1 saturated heterocycles. The van der Waals surface area contributed by atoms with Crippen molar-refractivity contribution in [2.24, 2.45) is 5.41 Å². The molecule has 2 aromatic rings. The van der Waals surface area contributed by atoms with Crippen LogP contribution in [-0.4, -0.2) is 23.2 Å². The number of anilines is 1. The predicted octanol–water partition coefficient (Wildman–Crippen LogP) is 3.20. The summed E-state index contributed by atoms with van der Waals surface area (Å²) in [7, 11) is 0. The van der Waals surface area contributed by atoms with Gasteiger partial charge in [0.2, 0.25) is 0 Å². The van der Waals surface area contributed by atoms with E-state index in [1.54, 1.807) is 6.20 Å². The first-order valence-corrected chi connectivity index (χ1v) is 7.46. The first-order valence-electron chi connectivity index (χ1n) is 7.46. The molecule has 1 aliphatic rings. The Morgan fingerprint density at radius 3 is 2.71 bits per heavy atom. The number of hydrogen-bond acceptors (Lipinski definition) is 3. The van der Waals surface area contributed by atoms with Gasteiger partial charge in [-0.1, -0.05) is 44.2 Å². The van der Waals surface area contributed by atoms with Crippen molar-refractivity contribution >= 4 is 5.82 Å². The molecule has 1 fully saturated rings. The Bertz CT molecular complexity index is 610. The molecule has 21 heavy (non-hydrogen) atoms. The molecule has 3 nitrogen and oxygen atoms in total. The number of hydrogen-bond donors (Lipinski definition) is 1. The van der Waals surface area contributed by atoms with E-state index in [9.17, 15) is 5.11 Å². The van der Waals surface area contributed by atoms with Gasteiger partial charge >= 0.3 is 0 Å². The minimum absolute atomic E-state index is 0.0644. The van der Waals surface area contributed by atoms with Gasteiger partial charge in [-0.2, -0.15) is 0 Å². The molecule has 0 aliphatic carbocycles. The number of pyridine rings is 1. The summed E-state index contributed by atoms with van der Waals surface area (Å²) in [6.07, 6.45) is 1.78. The summed E-state index contributed by atoms with van der Waals surface area (Å²) in [6, 6.07) is 14.6. The minimum Gasteiger partial charge on any atom is -0.392 e. The molecule has 1 N–H and O–H groups in total. The van der Waals surface area contributed by atoms with Gasteiger partial charge in [-0.25, -0.2) is 4.98 Å². The second kappa shape index (κ2) is 5.49. The lowest BCUT2D eigenvalue weighted by Gasteiger charge is -2.25. The molecule has 1 aromatic carbocycles. The Labute approximate surface area is 126 Å². The lowest BCUT2D eigenvalue weighted by Crippen LogP contribution is -2.24. The van der Waals surface area contributed by atoms with Gasteiger partial charge < -0.3 is 10.0 Å². The molecular weight excluding hydrogens is 260 g/mol. The fourth-order valence-electron chi connectivity index (χ4n) is 3.28. The maximum atomic E-state index is 9.29. The summed E-state index contributed by atoms with van der Waals surface area (Å²) in [5, 5.41) is 9.29. The Kier molecular flexibility index (Phi) is 3.68. The van der Waals surface area contributed by atoms with Crippen molar-refractivity contribution in [2.45, 2.75) is 26.4 Å². The van der Waals surface area contributed by atoms with Crippen molar-refractivity contribution in [1.82, 2.24) is 4.98 Å². The molecule has 0 amide bonds. The summed E-state index contributed by atoms with van der Waals surface area (Å²) in [6.45, 7) is 6.66. The van der Waals surface area contributed by atoms with E-state index in [2.05, 4.69) is 54.1 Å². The van der Waals surface area contributed by atoms with Gasteiger partial charge in [-0.3, -0.25) is 0 Å². The highest BCUT2D eigenvalue weighted by atomic mass is 16.3. The van der Waals surface area contributed by atoms with Gasteiger partial charge in [0.05, 0.1) is 6.61 Å². The SMILES string of the molecule is CC1(C)CN(c2cc(CO)ccn2)C[C@@H]1c1ccccc1. The lowest BCUT2D eigenvalue weighted by molar-refractivity contribution is 0.281. The second-order valence-electron chi connectivity index (χ2n) is 6.51. The van der Waals surface area contributed by atoms with Crippen LogP contribution in [0.1, 0.15) is 30.9 Å². The van der Waals surface area contributed by atoms with Crippen molar-refractivity contribution in [1.29, 1.82) is 0 Å². The zero-order valence-electron chi connectivity index (χ0n) is 12.7. The van der Waals surface area contributed by atoms with Crippen molar-refractivity contribution < 1.29 is 5.11 Å². The van der Waals surface area contributed by atoms with Crippen LogP contribution < -0.4 is 4.90 Å². The van der Waals surface area contributed by atoms with E-state index in [-0.39, 0.29) is 12.0 Å². The summed E-state index contributed by atoms with van der Waals surface area (Å²) < 4.78 is 0. The van der Waals surface area contributed by atoms with Gasteiger partial charge in [0.25, 0.3) is 0 Å². The van der Waals surface area contributed by atoms with E-state index in [0.29, 0.717) is 5.92 Å². The Balaban J connectivity index is 1.87. The molecule has 3 heteroatoms. The third-order valence-electron chi connectivity index (χ3n) is 4.46. The quantitative estimate of drug-likeness (QED) is 0.939. The van der Waals surface area contributed by atoms with Crippen molar-refractivity contribution in [3.8, 4) is 0 Å². The van der Waals surface area contributed by atoms with Crippen molar-refractivity contribution in [3.63, 3.8) is 0 Å². The van der Waals surface area contributed by atoms with Crippen LogP contribution in [0.25, 0.3) is 0 Å². The minimum atomic E-state index is 0.0644. The zero-order valence-corrected chi connectivity index (χ0v) is 12.7. The highest BCUT2D eigenvalue weighted by molar-refractivity contribution is 5.45. The molecule has 0 unspecified atom stereocenters. The van der Waals surface area contributed by atoms with E-state index in [1.807, 2.05) is 12.1 Å². The van der Waals surface area contributed by atoms with Crippen LogP contribution in [0.15, 0.2) is 48.7 Å². The van der Waals surface area contributed by atoms with E-state index >= 15 is 0 Å². The molecular formula is C18H22N2O. The third kappa shape index (κ3) is 2.79. The normalized spacial score (nSPS) is 20.7. The lowest BCUT2D eigenvalue weighted by atomic mass is 9.78. The van der Waals surface area contributed by atoms with E-state index in [1.165, 1.54) is 5.56 Å².